The van der Waals surface area contributed by atoms with Gasteiger partial charge in [0.05, 0.1) is 5.02 Å². The second-order valence-corrected chi connectivity index (χ2v) is 5.62. The van der Waals surface area contributed by atoms with Crippen molar-refractivity contribution in [2.45, 2.75) is 4.90 Å². The zero-order chi connectivity index (χ0) is 11.2. The molecule has 0 N–H and O–H groups in total. The molecule has 7 heteroatoms. The molecule has 1 heterocycles. The number of hydrogen-bond acceptors (Lipinski definition) is 3. The van der Waals surface area contributed by atoms with Gasteiger partial charge in [-0.1, -0.05) is 17.7 Å². The van der Waals surface area contributed by atoms with Crippen LogP contribution in [0.2, 0.25) is 5.02 Å². The molecule has 0 fully saturated rings. The molecule has 1 aliphatic heterocycles. The number of para-hydroxylation sites is 1. The third-order valence-corrected chi connectivity index (χ3v) is 4.57. The van der Waals surface area contributed by atoms with Crippen molar-refractivity contribution < 1.29 is 8.42 Å². The number of hydrogen-bond donors (Lipinski definition) is 0. The monoisotopic (exact) mass is 264 g/mol. The summed E-state index contributed by atoms with van der Waals surface area (Å²) in [5.74, 6) is 0. The Morgan fingerprint density at radius 3 is 2.67 bits per heavy atom. The van der Waals surface area contributed by atoms with Gasteiger partial charge in [0.2, 0.25) is 5.29 Å². The molecular formula is C8H6Cl2N2O2S. The van der Waals surface area contributed by atoms with Crippen molar-refractivity contribution in [1.82, 2.24) is 4.31 Å². The SMILES string of the molecule is CN1C(Cl)=Nc2c(Cl)cccc2S1(=O)=O. The molecule has 0 aliphatic carbocycles. The molecule has 0 saturated heterocycles. The van der Waals surface area contributed by atoms with Crippen molar-refractivity contribution in [2.75, 3.05) is 7.05 Å². The van der Waals surface area contributed by atoms with Crippen molar-refractivity contribution in [3.8, 4) is 0 Å². The molecular weight excluding hydrogens is 259 g/mol. The highest BCUT2D eigenvalue weighted by Crippen LogP contribution is 2.37. The predicted octanol–water partition coefficient (Wildman–Crippen LogP) is 2.20. The topological polar surface area (TPSA) is 49.7 Å². The van der Waals surface area contributed by atoms with Crippen LogP contribution in [0, 0.1) is 0 Å². The van der Waals surface area contributed by atoms with Crippen LogP contribution in [0.1, 0.15) is 0 Å². The first kappa shape index (κ1) is 10.7. The summed E-state index contributed by atoms with van der Waals surface area (Å²) in [6.07, 6.45) is 0. The van der Waals surface area contributed by atoms with Gasteiger partial charge in [0.15, 0.2) is 0 Å². The highest BCUT2D eigenvalue weighted by Gasteiger charge is 2.31. The standard InChI is InChI=1S/C8H6Cl2N2O2S/c1-12-8(10)11-7-5(9)3-2-4-6(7)15(12,13)14/h2-4H,1H3. The van der Waals surface area contributed by atoms with Crippen LogP contribution in [0.4, 0.5) is 5.69 Å². The van der Waals surface area contributed by atoms with Gasteiger partial charge in [-0.25, -0.2) is 17.7 Å². The van der Waals surface area contributed by atoms with E-state index in [1.807, 2.05) is 0 Å². The second kappa shape index (κ2) is 3.37. The van der Waals surface area contributed by atoms with Crippen LogP contribution >= 0.6 is 23.2 Å². The fourth-order valence-corrected chi connectivity index (χ4v) is 3.04. The van der Waals surface area contributed by atoms with Crippen LogP contribution in [0.25, 0.3) is 0 Å². The van der Waals surface area contributed by atoms with Gasteiger partial charge in [-0.2, -0.15) is 0 Å². The summed E-state index contributed by atoms with van der Waals surface area (Å²) in [5.41, 5.74) is 0.197. The predicted molar refractivity (Wildman–Crippen MR) is 59.3 cm³/mol. The maximum atomic E-state index is 11.9. The molecule has 0 amide bonds. The average molecular weight is 265 g/mol. The van der Waals surface area contributed by atoms with Gasteiger partial charge in [-0.05, 0) is 23.7 Å². The number of aliphatic imine (C=N–C) groups is 1. The molecule has 0 radical (unpaired) electrons. The van der Waals surface area contributed by atoms with Crippen molar-refractivity contribution in [3.63, 3.8) is 0 Å². The lowest BCUT2D eigenvalue weighted by Gasteiger charge is -2.23. The molecule has 1 aromatic rings. The lowest BCUT2D eigenvalue weighted by molar-refractivity contribution is 0.552. The molecule has 0 spiro atoms. The van der Waals surface area contributed by atoms with E-state index in [4.69, 9.17) is 23.2 Å². The van der Waals surface area contributed by atoms with Crippen LogP contribution in [-0.4, -0.2) is 25.1 Å². The number of amidine groups is 1. The highest BCUT2D eigenvalue weighted by atomic mass is 35.5. The van der Waals surface area contributed by atoms with E-state index in [1.165, 1.54) is 13.1 Å². The maximum absolute atomic E-state index is 11.9. The van der Waals surface area contributed by atoms with Gasteiger partial charge in [-0.15, -0.1) is 0 Å². The minimum atomic E-state index is -3.61. The molecule has 0 bridgehead atoms. The fourth-order valence-electron chi connectivity index (χ4n) is 1.22. The molecule has 0 aromatic heterocycles. The Hall–Kier alpha value is -0.780. The highest BCUT2D eigenvalue weighted by molar-refractivity contribution is 7.90. The largest absolute Gasteiger partial charge is 0.268 e. The van der Waals surface area contributed by atoms with Crippen molar-refractivity contribution in [2.24, 2.45) is 4.99 Å². The summed E-state index contributed by atoms with van der Waals surface area (Å²) >= 11 is 11.5. The van der Waals surface area contributed by atoms with Gasteiger partial charge < -0.3 is 0 Å². The molecule has 2 rings (SSSR count). The molecule has 4 nitrogen and oxygen atoms in total. The van der Waals surface area contributed by atoms with Crippen molar-refractivity contribution in [1.29, 1.82) is 0 Å². The Labute approximate surface area is 97.2 Å². The van der Waals surface area contributed by atoms with Crippen molar-refractivity contribution >= 4 is 44.2 Å². The van der Waals surface area contributed by atoms with E-state index < -0.39 is 10.0 Å². The molecule has 1 aromatic carbocycles. The quantitative estimate of drug-likeness (QED) is 0.675. The number of nitrogens with zero attached hydrogens (tertiary/aromatic N) is 2. The zero-order valence-electron chi connectivity index (χ0n) is 7.61. The number of sulfonamides is 1. The summed E-state index contributed by atoms with van der Waals surface area (Å²) in [5, 5.41) is 0.151. The lowest BCUT2D eigenvalue weighted by atomic mass is 10.3. The number of rotatable bonds is 0. The van der Waals surface area contributed by atoms with Gasteiger partial charge in [-0.3, -0.25) is 0 Å². The first-order chi connectivity index (χ1) is 6.94. The van der Waals surface area contributed by atoms with Crippen LogP contribution in [0.5, 0.6) is 0 Å². The third kappa shape index (κ3) is 1.51. The van der Waals surface area contributed by atoms with Gasteiger partial charge >= 0.3 is 0 Å². The van der Waals surface area contributed by atoms with Crippen LogP contribution < -0.4 is 0 Å². The van der Waals surface area contributed by atoms with Crippen LogP contribution in [0.15, 0.2) is 28.1 Å². The minimum absolute atomic E-state index is 0.0712. The smallest absolute Gasteiger partial charge is 0.243 e. The molecule has 0 saturated carbocycles. The first-order valence-electron chi connectivity index (χ1n) is 3.96. The van der Waals surface area contributed by atoms with Crippen LogP contribution in [-0.2, 0) is 10.0 Å². The Balaban J connectivity index is 2.84. The van der Waals surface area contributed by atoms with E-state index in [0.717, 1.165) is 4.31 Å². The van der Waals surface area contributed by atoms with E-state index in [0.29, 0.717) is 0 Å². The Morgan fingerprint density at radius 1 is 1.33 bits per heavy atom. The Bertz CT molecular complexity index is 554. The Kier molecular flexibility index (Phi) is 2.41. The summed E-state index contributed by atoms with van der Waals surface area (Å²) < 4.78 is 24.6. The summed E-state index contributed by atoms with van der Waals surface area (Å²) in [6, 6.07) is 4.57. The first-order valence-corrected chi connectivity index (χ1v) is 6.16. The molecule has 80 valence electrons. The van der Waals surface area contributed by atoms with E-state index in [2.05, 4.69) is 4.99 Å². The van der Waals surface area contributed by atoms with E-state index in [-0.39, 0.29) is 20.9 Å². The second-order valence-electron chi connectivity index (χ2n) is 2.94. The molecule has 0 unspecified atom stereocenters. The van der Waals surface area contributed by atoms with Gasteiger partial charge in [0, 0.05) is 7.05 Å². The normalized spacial score (nSPS) is 18.3. The van der Waals surface area contributed by atoms with Crippen LogP contribution in [0.3, 0.4) is 0 Å². The molecule has 15 heavy (non-hydrogen) atoms. The van der Waals surface area contributed by atoms with Crippen molar-refractivity contribution in [3.05, 3.63) is 23.2 Å². The fraction of sp³-hybridized carbons (Fsp3) is 0.125. The minimum Gasteiger partial charge on any atom is -0.243 e. The van der Waals surface area contributed by atoms with E-state index >= 15 is 0 Å². The van der Waals surface area contributed by atoms with Gasteiger partial charge in [0.25, 0.3) is 10.0 Å². The van der Waals surface area contributed by atoms with E-state index in [1.54, 1.807) is 12.1 Å². The number of fused-ring (bicyclic) bond motifs is 1. The number of benzene rings is 1. The zero-order valence-corrected chi connectivity index (χ0v) is 9.94. The number of halogens is 2. The summed E-state index contributed by atoms with van der Waals surface area (Å²) in [6.45, 7) is 0. The molecule has 1 aliphatic rings. The maximum Gasteiger partial charge on any atom is 0.268 e. The van der Waals surface area contributed by atoms with E-state index in [9.17, 15) is 8.42 Å². The average Bonchev–Trinajstić information content (AvgIpc) is 2.17. The Morgan fingerprint density at radius 2 is 2.00 bits per heavy atom. The summed E-state index contributed by atoms with van der Waals surface area (Å²) in [4.78, 5) is 3.99. The third-order valence-electron chi connectivity index (χ3n) is 2.05. The molecule has 0 atom stereocenters. The van der Waals surface area contributed by atoms with Gasteiger partial charge in [0.1, 0.15) is 10.6 Å². The lowest BCUT2D eigenvalue weighted by Crippen LogP contribution is -2.32. The summed E-state index contributed by atoms with van der Waals surface area (Å²) in [7, 11) is -2.27.